The Morgan fingerprint density at radius 3 is 2.30 bits per heavy atom. The van der Waals surface area contributed by atoms with Crippen molar-refractivity contribution in [2.45, 2.75) is 55.9 Å². The lowest BCUT2D eigenvalue weighted by Crippen LogP contribution is -2.38. The maximum absolute atomic E-state index is 12.0. The summed E-state index contributed by atoms with van der Waals surface area (Å²) in [5.74, 6) is -0.430. The van der Waals surface area contributed by atoms with Crippen LogP contribution in [0.5, 0.6) is 5.75 Å². The van der Waals surface area contributed by atoms with Crippen LogP contribution in [-0.4, -0.2) is 44.3 Å². The quantitative estimate of drug-likeness (QED) is 0.619. The Kier molecular flexibility index (Phi) is 7.65. The van der Waals surface area contributed by atoms with E-state index >= 15 is 0 Å². The summed E-state index contributed by atoms with van der Waals surface area (Å²) in [4.78, 5) is 23.1. The molecule has 0 atom stereocenters. The van der Waals surface area contributed by atoms with Crippen molar-refractivity contribution in [2.75, 3.05) is 12.9 Å². The van der Waals surface area contributed by atoms with Crippen molar-refractivity contribution < 1.29 is 27.9 Å². The van der Waals surface area contributed by atoms with Crippen molar-refractivity contribution in [3.8, 4) is 5.75 Å². The molecule has 2 rings (SSSR count). The Labute approximate surface area is 160 Å². The Morgan fingerprint density at radius 2 is 1.74 bits per heavy atom. The van der Waals surface area contributed by atoms with Gasteiger partial charge in [0.1, 0.15) is 5.75 Å². The van der Waals surface area contributed by atoms with E-state index in [9.17, 15) is 18.0 Å². The molecule has 7 nitrogen and oxygen atoms in total. The number of unbranched alkanes of at least 4 members (excludes halogenated alkanes) is 1. The molecule has 8 heteroatoms. The highest BCUT2D eigenvalue weighted by Crippen LogP contribution is 2.24. The average Bonchev–Trinajstić information content (AvgIpc) is 2.61. The monoisotopic (exact) mass is 397 g/mol. The maximum Gasteiger partial charge on any atom is 0.306 e. The van der Waals surface area contributed by atoms with Crippen molar-refractivity contribution in [3.05, 3.63) is 24.3 Å². The number of carboxylic acid groups (broad SMARTS) is 1. The Morgan fingerprint density at radius 1 is 1.11 bits per heavy atom. The largest absolute Gasteiger partial charge is 0.494 e. The van der Waals surface area contributed by atoms with E-state index in [1.807, 2.05) is 0 Å². The number of sulfone groups is 1. The minimum Gasteiger partial charge on any atom is -0.494 e. The fourth-order valence-electron chi connectivity index (χ4n) is 3.15. The molecule has 27 heavy (non-hydrogen) atoms. The van der Waals surface area contributed by atoms with Crippen LogP contribution in [0.15, 0.2) is 29.2 Å². The normalized spacial score (nSPS) is 20.0. The number of aliphatic carboxylic acids is 1. The van der Waals surface area contributed by atoms with Gasteiger partial charge < -0.3 is 15.2 Å². The number of rotatable bonds is 9. The number of nitrogens with one attached hydrogen (secondary N) is 1. The predicted octanol–water partition coefficient (Wildman–Crippen LogP) is 2.40. The lowest BCUT2D eigenvalue weighted by atomic mass is 9.86. The summed E-state index contributed by atoms with van der Waals surface area (Å²) in [6.45, 7) is 0.454. The maximum atomic E-state index is 12.0. The summed E-state index contributed by atoms with van der Waals surface area (Å²) < 4.78 is 28.3. The van der Waals surface area contributed by atoms with Gasteiger partial charge in [0, 0.05) is 18.7 Å². The molecular formula is C19H27NO6S. The topological polar surface area (TPSA) is 110 Å². The van der Waals surface area contributed by atoms with E-state index in [0.29, 0.717) is 44.5 Å². The lowest BCUT2D eigenvalue weighted by Gasteiger charge is -2.26. The molecule has 2 N–H and O–H groups in total. The van der Waals surface area contributed by atoms with Crippen LogP contribution in [0.2, 0.25) is 0 Å². The van der Waals surface area contributed by atoms with Gasteiger partial charge in [-0.05, 0) is 62.8 Å². The molecule has 1 amide bonds. The van der Waals surface area contributed by atoms with Gasteiger partial charge >= 0.3 is 5.97 Å². The molecule has 1 aliphatic rings. The van der Waals surface area contributed by atoms with E-state index in [4.69, 9.17) is 9.84 Å². The Bertz CT molecular complexity index is 736. The summed E-state index contributed by atoms with van der Waals surface area (Å²) in [7, 11) is -3.21. The first-order valence-electron chi connectivity index (χ1n) is 9.21. The highest BCUT2D eigenvalue weighted by atomic mass is 32.2. The van der Waals surface area contributed by atoms with Crippen LogP contribution < -0.4 is 10.1 Å². The van der Waals surface area contributed by atoms with Crippen LogP contribution >= 0.6 is 0 Å². The number of amides is 1. The lowest BCUT2D eigenvalue weighted by molar-refractivity contribution is -0.142. The summed E-state index contributed by atoms with van der Waals surface area (Å²) in [6, 6.07) is 6.35. The van der Waals surface area contributed by atoms with Gasteiger partial charge in [0.25, 0.3) is 0 Å². The molecular weight excluding hydrogens is 370 g/mol. The SMILES string of the molecule is CS(=O)(=O)c1ccc(OCCCCC(=O)NC2CCC(C(=O)O)CC2)cc1. The highest BCUT2D eigenvalue weighted by Gasteiger charge is 2.26. The van der Waals surface area contributed by atoms with Crippen molar-refractivity contribution in [1.29, 1.82) is 0 Å². The number of benzene rings is 1. The molecule has 150 valence electrons. The number of carboxylic acids is 1. The van der Waals surface area contributed by atoms with Crippen molar-refractivity contribution >= 4 is 21.7 Å². The molecule has 0 saturated heterocycles. The van der Waals surface area contributed by atoms with Crippen LogP contribution in [0, 0.1) is 5.92 Å². The van der Waals surface area contributed by atoms with Gasteiger partial charge in [-0.25, -0.2) is 8.42 Å². The van der Waals surface area contributed by atoms with Gasteiger partial charge in [0.05, 0.1) is 17.4 Å². The standard InChI is InChI=1S/C19H27NO6S/c1-27(24,25)17-11-9-16(10-12-17)26-13-3-2-4-18(21)20-15-7-5-14(6-8-15)19(22)23/h9-12,14-15H,2-8,13H2,1H3,(H,20,21)(H,22,23). The van der Waals surface area contributed by atoms with Gasteiger partial charge in [-0.2, -0.15) is 0 Å². The van der Waals surface area contributed by atoms with Gasteiger partial charge in [-0.1, -0.05) is 0 Å². The minimum atomic E-state index is -3.21. The second-order valence-corrected chi connectivity index (χ2v) is 9.02. The number of hydrogen-bond donors (Lipinski definition) is 2. The van der Waals surface area contributed by atoms with Gasteiger partial charge in [-0.15, -0.1) is 0 Å². The predicted molar refractivity (Wildman–Crippen MR) is 100 cm³/mol. The molecule has 0 heterocycles. The van der Waals surface area contributed by atoms with Gasteiger partial charge in [0.15, 0.2) is 9.84 Å². The second kappa shape index (κ2) is 9.73. The number of carbonyl (C=O) groups excluding carboxylic acids is 1. The van der Waals surface area contributed by atoms with Crippen LogP contribution in [-0.2, 0) is 19.4 Å². The van der Waals surface area contributed by atoms with E-state index < -0.39 is 15.8 Å². The summed E-state index contributed by atoms with van der Waals surface area (Å²) in [5.41, 5.74) is 0. The fraction of sp³-hybridized carbons (Fsp3) is 0.579. The molecule has 0 unspecified atom stereocenters. The number of hydrogen-bond acceptors (Lipinski definition) is 5. The summed E-state index contributed by atoms with van der Waals surface area (Å²) in [6.07, 6.45) is 5.65. The van der Waals surface area contributed by atoms with Gasteiger partial charge in [0.2, 0.25) is 5.91 Å². The first-order valence-corrected chi connectivity index (χ1v) is 11.1. The fourth-order valence-corrected chi connectivity index (χ4v) is 3.78. The molecule has 1 saturated carbocycles. The van der Waals surface area contributed by atoms with E-state index in [1.54, 1.807) is 12.1 Å². The van der Waals surface area contributed by atoms with E-state index in [-0.39, 0.29) is 22.8 Å². The highest BCUT2D eigenvalue weighted by molar-refractivity contribution is 7.90. The first-order chi connectivity index (χ1) is 12.8. The molecule has 1 aromatic carbocycles. The molecule has 0 radical (unpaired) electrons. The van der Waals surface area contributed by atoms with Crippen molar-refractivity contribution in [1.82, 2.24) is 5.32 Å². The Balaban J connectivity index is 1.59. The molecule has 0 aliphatic heterocycles. The Hall–Kier alpha value is -2.09. The number of ether oxygens (including phenoxy) is 1. The smallest absolute Gasteiger partial charge is 0.306 e. The van der Waals surface area contributed by atoms with Crippen LogP contribution in [0.4, 0.5) is 0 Å². The van der Waals surface area contributed by atoms with Crippen LogP contribution in [0.1, 0.15) is 44.9 Å². The van der Waals surface area contributed by atoms with Crippen molar-refractivity contribution in [2.24, 2.45) is 5.92 Å². The zero-order chi connectivity index (χ0) is 19.9. The van der Waals surface area contributed by atoms with E-state index in [1.165, 1.54) is 12.1 Å². The van der Waals surface area contributed by atoms with E-state index in [2.05, 4.69) is 5.32 Å². The minimum absolute atomic E-state index is 0.00807. The second-order valence-electron chi connectivity index (χ2n) is 7.00. The third-order valence-electron chi connectivity index (χ3n) is 4.76. The molecule has 1 aliphatic carbocycles. The number of carbonyl (C=O) groups is 2. The third-order valence-corrected chi connectivity index (χ3v) is 5.89. The molecule has 0 bridgehead atoms. The van der Waals surface area contributed by atoms with Crippen molar-refractivity contribution in [3.63, 3.8) is 0 Å². The zero-order valence-corrected chi connectivity index (χ0v) is 16.3. The molecule has 0 spiro atoms. The first kappa shape index (κ1) is 21.2. The van der Waals surface area contributed by atoms with E-state index in [0.717, 1.165) is 19.1 Å². The zero-order valence-electron chi connectivity index (χ0n) is 15.5. The van der Waals surface area contributed by atoms with Crippen LogP contribution in [0.3, 0.4) is 0 Å². The van der Waals surface area contributed by atoms with Gasteiger partial charge in [-0.3, -0.25) is 9.59 Å². The average molecular weight is 397 g/mol. The van der Waals surface area contributed by atoms with Crippen LogP contribution in [0.25, 0.3) is 0 Å². The molecule has 0 aromatic heterocycles. The summed E-state index contributed by atoms with van der Waals surface area (Å²) in [5, 5.41) is 12.0. The summed E-state index contributed by atoms with van der Waals surface area (Å²) >= 11 is 0. The third kappa shape index (κ3) is 7.21. The molecule has 1 aromatic rings. The molecule has 1 fully saturated rings.